The standard InChI is InChI=1S/C39H24F24O2P2/c1-31(2)64-29(15-66(25-7-17(32(40,41)42)3-18(8-25)33(43,44)45)26-9-19(34(46,47)48)4-20(10-26)35(49,50)51)30(65-31)16-67(27-11-21(36(52,53)54)5-22(12-27)37(55,56)57)28-13-23(38(58,59)60)6-24(14-28)39(61,62)63/h3-14,29-30H,15-16H2,1-2H3/t29-,30-/m1/s1. The first-order chi connectivity index (χ1) is 29.9. The van der Waals surface area contributed by atoms with Gasteiger partial charge in [0.15, 0.2) is 5.79 Å². The van der Waals surface area contributed by atoms with E-state index in [1.54, 1.807) is 0 Å². The minimum absolute atomic E-state index is 0.0556. The summed E-state index contributed by atoms with van der Waals surface area (Å²) < 4.78 is 350. The third kappa shape index (κ3) is 13.2. The van der Waals surface area contributed by atoms with Crippen LogP contribution in [0.5, 0.6) is 0 Å². The lowest BCUT2D eigenvalue weighted by Gasteiger charge is -2.29. The maximum atomic E-state index is 14.1. The minimum Gasteiger partial charge on any atom is -0.344 e. The average Bonchev–Trinajstić information content (AvgIpc) is 3.44. The van der Waals surface area contributed by atoms with Crippen LogP contribution in [0, 0.1) is 0 Å². The molecule has 1 fully saturated rings. The zero-order valence-electron chi connectivity index (χ0n) is 32.8. The summed E-state index contributed by atoms with van der Waals surface area (Å²) in [6, 6.07) is -2.25. The van der Waals surface area contributed by atoms with Crippen LogP contribution >= 0.6 is 15.8 Å². The molecule has 0 aliphatic carbocycles. The zero-order valence-corrected chi connectivity index (χ0v) is 34.6. The number of hydrogen-bond donors (Lipinski definition) is 0. The van der Waals surface area contributed by atoms with E-state index in [2.05, 4.69) is 0 Å². The van der Waals surface area contributed by atoms with Gasteiger partial charge in [-0.3, -0.25) is 0 Å². The van der Waals surface area contributed by atoms with Crippen molar-refractivity contribution >= 4 is 37.1 Å². The maximum absolute atomic E-state index is 14.1. The summed E-state index contributed by atoms with van der Waals surface area (Å²) in [6.45, 7) is 1.92. The highest BCUT2D eigenvalue weighted by Gasteiger charge is 2.48. The second-order valence-corrected chi connectivity index (χ2v) is 19.5. The summed E-state index contributed by atoms with van der Waals surface area (Å²) >= 11 is 0. The van der Waals surface area contributed by atoms with E-state index in [9.17, 15) is 105 Å². The fraction of sp³-hybridized carbons (Fsp3) is 0.385. The van der Waals surface area contributed by atoms with Gasteiger partial charge in [0, 0.05) is 12.3 Å². The Hall–Kier alpha value is -4.02. The highest BCUT2D eigenvalue weighted by Crippen LogP contribution is 2.50. The molecule has 0 spiro atoms. The van der Waals surface area contributed by atoms with E-state index in [1.165, 1.54) is 0 Å². The summed E-state index contributed by atoms with van der Waals surface area (Å²) in [7, 11) is -6.98. The Morgan fingerprint density at radius 2 is 0.463 bits per heavy atom. The molecule has 4 aromatic rings. The van der Waals surface area contributed by atoms with Gasteiger partial charge in [-0.05, 0) is 124 Å². The number of benzene rings is 4. The molecule has 2 atom stereocenters. The van der Waals surface area contributed by atoms with Crippen molar-refractivity contribution in [3.63, 3.8) is 0 Å². The first-order valence-corrected chi connectivity index (χ1v) is 21.1. The van der Waals surface area contributed by atoms with Crippen LogP contribution in [0.4, 0.5) is 105 Å². The van der Waals surface area contributed by atoms with Crippen LogP contribution in [0.15, 0.2) is 72.8 Å². The van der Waals surface area contributed by atoms with Crippen LogP contribution in [-0.2, 0) is 58.9 Å². The number of rotatable bonds is 8. The largest absolute Gasteiger partial charge is 0.416 e. The summed E-state index contributed by atoms with van der Waals surface area (Å²) in [5.74, 6) is -2.16. The number of ether oxygens (including phenoxy) is 2. The highest BCUT2D eigenvalue weighted by molar-refractivity contribution is 7.73. The molecule has 0 unspecified atom stereocenters. The van der Waals surface area contributed by atoms with Gasteiger partial charge in [-0.2, -0.15) is 105 Å². The Balaban J connectivity index is 1.83. The third-order valence-electron chi connectivity index (χ3n) is 9.55. The van der Waals surface area contributed by atoms with Gasteiger partial charge in [0.05, 0.1) is 56.7 Å². The Labute approximate surface area is 362 Å². The van der Waals surface area contributed by atoms with Gasteiger partial charge < -0.3 is 9.47 Å². The second kappa shape index (κ2) is 17.7. The monoisotopic (exact) mass is 1040 g/mol. The molecule has 0 radical (unpaired) electrons. The van der Waals surface area contributed by atoms with Crippen LogP contribution in [0.1, 0.15) is 58.4 Å². The van der Waals surface area contributed by atoms with Gasteiger partial charge in [0.1, 0.15) is 0 Å². The lowest BCUT2D eigenvalue weighted by Crippen LogP contribution is -2.35. The highest BCUT2D eigenvalue weighted by atomic mass is 31.1. The molecule has 1 aliphatic heterocycles. The molecular weight excluding hydrogens is 1020 g/mol. The molecule has 4 aromatic carbocycles. The first kappa shape index (κ1) is 53.9. The van der Waals surface area contributed by atoms with Gasteiger partial charge >= 0.3 is 49.4 Å². The molecule has 1 saturated heterocycles. The van der Waals surface area contributed by atoms with Gasteiger partial charge in [-0.25, -0.2) is 0 Å². The van der Waals surface area contributed by atoms with Gasteiger partial charge in [-0.15, -0.1) is 0 Å². The van der Waals surface area contributed by atoms with E-state index in [4.69, 9.17) is 9.47 Å². The topological polar surface area (TPSA) is 18.5 Å². The van der Waals surface area contributed by atoms with Crippen molar-refractivity contribution in [2.75, 3.05) is 12.3 Å². The predicted octanol–water partition coefficient (Wildman–Crippen LogP) is 13.9. The van der Waals surface area contributed by atoms with E-state index in [1.807, 2.05) is 0 Å². The quantitative estimate of drug-likeness (QED) is 0.129. The molecule has 28 heteroatoms. The third-order valence-corrected chi connectivity index (χ3v) is 14.5. The molecule has 0 bridgehead atoms. The molecule has 370 valence electrons. The smallest absolute Gasteiger partial charge is 0.344 e. The Morgan fingerprint density at radius 1 is 0.313 bits per heavy atom. The van der Waals surface area contributed by atoms with Crippen molar-refractivity contribution in [1.29, 1.82) is 0 Å². The van der Waals surface area contributed by atoms with Crippen molar-refractivity contribution < 1.29 is 115 Å². The van der Waals surface area contributed by atoms with Crippen LogP contribution in [0.25, 0.3) is 0 Å². The summed E-state index contributed by atoms with van der Waals surface area (Å²) in [4.78, 5) is 0. The van der Waals surface area contributed by atoms with Crippen molar-refractivity contribution in [2.24, 2.45) is 0 Å². The van der Waals surface area contributed by atoms with Crippen LogP contribution < -0.4 is 21.2 Å². The average molecular weight is 1040 g/mol. The van der Waals surface area contributed by atoms with Crippen LogP contribution in [-0.4, -0.2) is 30.3 Å². The van der Waals surface area contributed by atoms with Crippen LogP contribution in [0.3, 0.4) is 0 Å². The molecule has 67 heavy (non-hydrogen) atoms. The molecule has 0 aromatic heterocycles. The summed E-state index contributed by atoms with van der Waals surface area (Å²) in [5.41, 5.74) is -17.1. The lowest BCUT2D eigenvalue weighted by molar-refractivity contribution is -0.144. The molecule has 0 N–H and O–H groups in total. The van der Waals surface area contributed by atoms with Gasteiger partial charge in [0.2, 0.25) is 0 Å². The van der Waals surface area contributed by atoms with E-state index >= 15 is 0 Å². The molecule has 5 rings (SSSR count). The van der Waals surface area contributed by atoms with E-state index in [0.29, 0.717) is 0 Å². The molecule has 1 aliphatic rings. The van der Waals surface area contributed by atoms with Crippen molar-refractivity contribution in [1.82, 2.24) is 0 Å². The summed E-state index contributed by atoms with van der Waals surface area (Å²) in [5, 5.41) is -4.95. The van der Waals surface area contributed by atoms with E-state index < -0.39 is 186 Å². The maximum Gasteiger partial charge on any atom is 0.416 e. The van der Waals surface area contributed by atoms with Crippen molar-refractivity contribution in [3.8, 4) is 0 Å². The fourth-order valence-corrected chi connectivity index (χ4v) is 11.8. The molecule has 2 nitrogen and oxygen atoms in total. The Bertz CT molecular complexity index is 1990. The Kier molecular flexibility index (Phi) is 14.3. The normalized spacial score (nSPS) is 18.1. The lowest BCUT2D eigenvalue weighted by atomic mass is 10.1. The van der Waals surface area contributed by atoms with Gasteiger partial charge in [-0.1, -0.05) is 0 Å². The number of alkyl halides is 24. The Morgan fingerprint density at radius 3 is 0.597 bits per heavy atom. The first-order valence-electron chi connectivity index (χ1n) is 18.0. The van der Waals surface area contributed by atoms with Crippen molar-refractivity contribution in [2.45, 2.75) is 81.3 Å². The van der Waals surface area contributed by atoms with Crippen LogP contribution in [0.2, 0.25) is 0 Å². The zero-order chi connectivity index (χ0) is 51.1. The molecule has 1 heterocycles. The predicted molar refractivity (Wildman–Crippen MR) is 192 cm³/mol. The van der Waals surface area contributed by atoms with E-state index in [-0.39, 0.29) is 48.5 Å². The molecular formula is C39H24F24O2P2. The number of hydrogen-bond acceptors (Lipinski definition) is 2. The number of halogens is 24. The second-order valence-electron chi connectivity index (χ2n) is 15.0. The SMILES string of the molecule is CC1(C)O[C@H](CP(c2cc(C(F)(F)F)cc(C(F)(F)F)c2)c2cc(C(F)(F)F)cc(C(F)(F)F)c2)[C@@H](CP(c2cc(C(F)(F)F)cc(C(F)(F)F)c2)c2cc(C(F)(F)F)cc(C(F)(F)F)c2)O1. The molecule has 0 saturated carbocycles. The summed E-state index contributed by atoms with van der Waals surface area (Å²) in [6.07, 6.45) is -52.3. The fourth-order valence-electron chi connectivity index (χ4n) is 6.68. The molecule has 0 amide bonds. The minimum atomic E-state index is -5.68. The van der Waals surface area contributed by atoms with Crippen molar-refractivity contribution in [3.05, 3.63) is 117 Å². The van der Waals surface area contributed by atoms with E-state index in [0.717, 1.165) is 13.8 Å². The van der Waals surface area contributed by atoms with Gasteiger partial charge in [0.25, 0.3) is 0 Å².